The normalized spacial score (nSPS) is 28.5. The van der Waals surface area contributed by atoms with Crippen LogP contribution in [0.3, 0.4) is 0 Å². The molecule has 17 heavy (non-hydrogen) atoms. The monoisotopic (exact) mass is 228 g/mol. The van der Waals surface area contributed by atoms with Gasteiger partial charge in [0.1, 0.15) is 0 Å². The molecule has 1 aromatic carbocycles. The van der Waals surface area contributed by atoms with Gasteiger partial charge in [0.25, 0.3) is 0 Å². The standard InChI is InChI=1S/C16H20O/c1-12-9-10-15-14(8-5-11-17-15)16(12)13-6-3-2-4-7-13/h2-4,6-7,12,16H,5,8-11H2,1H3/t12-,16+/m1/s1. The van der Waals surface area contributed by atoms with Gasteiger partial charge >= 0.3 is 0 Å². The molecule has 1 heterocycles. The van der Waals surface area contributed by atoms with Crippen molar-refractivity contribution < 1.29 is 4.74 Å². The van der Waals surface area contributed by atoms with Gasteiger partial charge in [-0.05, 0) is 36.3 Å². The quantitative estimate of drug-likeness (QED) is 0.697. The second-order valence-electron chi connectivity index (χ2n) is 5.30. The van der Waals surface area contributed by atoms with Crippen molar-refractivity contribution in [1.82, 2.24) is 0 Å². The van der Waals surface area contributed by atoms with Crippen molar-refractivity contribution >= 4 is 0 Å². The molecule has 1 nitrogen and oxygen atoms in total. The summed E-state index contributed by atoms with van der Waals surface area (Å²) in [5, 5.41) is 0. The van der Waals surface area contributed by atoms with E-state index < -0.39 is 0 Å². The van der Waals surface area contributed by atoms with E-state index in [1.54, 1.807) is 5.57 Å². The minimum atomic E-state index is 0.597. The first-order chi connectivity index (χ1) is 8.36. The lowest BCUT2D eigenvalue weighted by molar-refractivity contribution is 0.155. The second kappa shape index (κ2) is 4.56. The summed E-state index contributed by atoms with van der Waals surface area (Å²) in [5.74, 6) is 2.65. The minimum Gasteiger partial charge on any atom is -0.498 e. The van der Waals surface area contributed by atoms with Gasteiger partial charge in [0.05, 0.1) is 12.4 Å². The van der Waals surface area contributed by atoms with Gasteiger partial charge in [-0.3, -0.25) is 0 Å². The van der Waals surface area contributed by atoms with Crippen LogP contribution in [0.1, 0.15) is 44.1 Å². The largest absolute Gasteiger partial charge is 0.498 e. The fraction of sp³-hybridized carbons (Fsp3) is 0.500. The third kappa shape index (κ3) is 1.99. The van der Waals surface area contributed by atoms with Gasteiger partial charge in [0.15, 0.2) is 0 Å². The highest BCUT2D eigenvalue weighted by Gasteiger charge is 2.32. The Morgan fingerprint density at radius 3 is 2.76 bits per heavy atom. The summed E-state index contributed by atoms with van der Waals surface area (Å²) in [4.78, 5) is 0. The Morgan fingerprint density at radius 2 is 1.94 bits per heavy atom. The Labute approximate surface area is 103 Å². The van der Waals surface area contributed by atoms with E-state index in [0.29, 0.717) is 5.92 Å². The first-order valence-corrected chi connectivity index (χ1v) is 6.76. The van der Waals surface area contributed by atoms with Crippen LogP contribution in [-0.4, -0.2) is 6.61 Å². The molecule has 0 saturated heterocycles. The lowest BCUT2D eigenvalue weighted by Crippen LogP contribution is -2.23. The van der Waals surface area contributed by atoms with Crippen LogP contribution in [0.15, 0.2) is 41.7 Å². The van der Waals surface area contributed by atoms with Crippen LogP contribution in [0.2, 0.25) is 0 Å². The molecule has 0 bridgehead atoms. The van der Waals surface area contributed by atoms with Gasteiger partial charge in [-0.15, -0.1) is 0 Å². The van der Waals surface area contributed by atoms with E-state index in [-0.39, 0.29) is 0 Å². The molecule has 1 heteroatoms. The Hall–Kier alpha value is -1.24. The Bertz CT molecular complexity index is 418. The molecule has 0 fully saturated rings. The van der Waals surface area contributed by atoms with Gasteiger partial charge in [-0.1, -0.05) is 37.3 Å². The van der Waals surface area contributed by atoms with Crippen molar-refractivity contribution in [2.45, 2.75) is 38.5 Å². The topological polar surface area (TPSA) is 9.23 Å². The Balaban J connectivity index is 2.00. The summed E-state index contributed by atoms with van der Waals surface area (Å²) >= 11 is 0. The van der Waals surface area contributed by atoms with E-state index in [1.165, 1.54) is 30.6 Å². The zero-order valence-electron chi connectivity index (χ0n) is 10.5. The molecule has 1 aliphatic carbocycles. The summed E-state index contributed by atoms with van der Waals surface area (Å²) in [5.41, 5.74) is 3.05. The molecule has 1 aromatic rings. The molecule has 0 radical (unpaired) electrons. The molecular formula is C16H20O. The van der Waals surface area contributed by atoms with Crippen molar-refractivity contribution in [3.63, 3.8) is 0 Å². The molecular weight excluding hydrogens is 208 g/mol. The third-order valence-corrected chi connectivity index (χ3v) is 4.15. The molecule has 3 rings (SSSR count). The van der Waals surface area contributed by atoms with E-state index in [4.69, 9.17) is 4.74 Å². The maximum atomic E-state index is 5.86. The molecule has 0 saturated carbocycles. The van der Waals surface area contributed by atoms with Crippen molar-refractivity contribution in [3.8, 4) is 0 Å². The summed E-state index contributed by atoms with van der Waals surface area (Å²) < 4.78 is 5.86. The molecule has 0 amide bonds. The smallest absolute Gasteiger partial charge is 0.0958 e. The number of rotatable bonds is 1. The zero-order chi connectivity index (χ0) is 11.7. The molecule has 2 aliphatic rings. The van der Waals surface area contributed by atoms with Crippen molar-refractivity contribution in [2.75, 3.05) is 6.61 Å². The van der Waals surface area contributed by atoms with Gasteiger partial charge < -0.3 is 4.74 Å². The van der Waals surface area contributed by atoms with Crippen molar-refractivity contribution in [1.29, 1.82) is 0 Å². The lowest BCUT2D eigenvalue weighted by Gasteiger charge is -2.36. The van der Waals surface area contributed by atoms with Crippen LogP contribution in [0.25, 0.3) is 0 Å². The van der Waals surface area contributed by atoms with Crippen LogP contribution in [0.4, 0.5) is 0 Å². The maximum Gasteiger partial charge on any atom is 0.0958 e. The van der Waals surface area contributed by atoms with Crippen LogP contribution in [0, 0.1) is 5.92 Å². The fourth-order valence-corrected chi connectivity index (χ4v) is 3.31. The molecule has 0 N–H and O–H groups in total. The molecule has 1 aliphatic heterocycles. The van der Waals surface area contributed by atoms with Gasteiger partial charge in [0.2, 0.25) is 0 Å². The highest BCUT2D eigenvalue weighted by Crippen LogP contribution is 2.45. The number of allylic oxidation sites excluding steroid dienone is 2. The molecule has 0 spiro atoms. The summed E-state index contributed by atoms with van der Waals surface area (Å²) in [6.07, 6.45) is 4.84. The van der Waals surface area contributed by atoms with Crippen LogP contribution < -0.4 is 0 Å². The molecule has 0 aromatic heterocycles. The summed E-state index contributed by atoms with van der Waals surface area (Å²) in [7, 11) is 0. The van der Waals surface area contributed by atoms with Crippen LogP contribution in [0.5, 0.6) is 0 Å². The van der Waals surface area contributed by atoms with Crippen molar-refractivity contribution in [3.05, 3.63) is 47.2 Å². The van der Waals surface area contributed by atoms with Gasteiger partial charge in [-0.2, -0.15) is 0 Å². The maximum absolute atomic E-state index is 5.86. The lowest BCUT2D eigenvalue weighted by atomic mass is 9.73. The SMILES string of the molecule is C[C@@H]1CCC2=C(CCCO2)[C@@H]1c1ccccc1. The number of hydrogen-bond donors (Lipinski definition) is 0. The van der Waals surface area contributed by atoms with E-state index in [0.717, 1.165) is 18.9 Å². The number of ether oxygens (including phenoxy) is 1. The van der Waals surface area contributed by atoms with Crippen molar-refractivity contribution in [2.24, 2.45) is 5.92 Å². The molecule has 0 unspecified atom stereocenters. The van der Waals surface area contributed by atoms with Crippen LogP contribution in [-0.2, 0) is 4.74 Å². The van der Waals surface area contributed by atoms with E-state index in [2.05, 4.69) is 37.3 Å². The second-order valence-corrected chi connectivity index (χ2v) is 5.30. The number of hydrogen-bond acceptors (Lipinski definition) is 1. The molecule has 2 atom stereocenters. The minimum absolute atomic E-state index is 0.597. The summed E-state index contributed by atoms with van der Waals surface area (Å²) in [6.45, 7) is 3.31. The van der Waals surface area contributed by atoms with E-state index >= 15 is 0 Å². The average Bonchev–Trinajstić information content (AvgIpc) is 2.39. The van der Waals surface area contributed by atoms with Gasteiger partial charge in [-0.25, -0.2) is 0 Å². The Kier molecular flexibility index (Phi) is 2.92. The predicted octanol–water partition coefficient (Wildman–Crippen LogP) is 4.26. The van der Waals surface area contributed by atoms with E-state index in [9.17, 15) is 0 Å². The van der Waals surface area contributed by atoms with Gasteiger partial charge in [0, 0.05) is 12.3 Å². The summed E-state index contributed by atoms with van der Waals surface area (Å²) in [6, 6.07) is 10.9. The zero-order valence-corrected chi connectivity index (χ0v) is 10.5. The fourth-order valence-electron chi connectivity index (χ4n) is 3.31. The first-order valence-electron chi connectivity index (χ1n) is 6.76. The highest BCUT2D eigenvalue weighted by molar-refractivity contribution is 5.33. The average molecular weight is 228 g/mol. The highest BCUT2D eigenvalue weighted by atomic mass is 16.5. The van der Waals surface area contributed by atoms with Crippen LogP contribution >= 0.6 is 0 Å². The predicted molar refractivity (Wildman–Crippen MR) is 69.8 cm³/mol. The molecule has 90 valence electrons. The third-order valence-electron chi connectivity index (χ3n) is 4.15. The number of benzene rings is 1. The first kappa shape index (κ1) is 10.9. The van der Waals surface area contributed by atoms with E-state index in [1.807, 2.05) is 0 Å². The Morgan fingerprint density at radius 1 is 1.12 bits per heavy atom.